The average Bonchev–Trinajstić information content (AvgIpc) is 2.22. The van der Waals surface area contributed by atoms with Crippen LogP contribution in [0.3, 0.4) is 0 Å². The summed E-state index contributed by atoms with van der Waals surface area (Å²) in [5.74, 6) is 0.868. The molecule has 86 valence electrons. The third-order valence-corrected chi connectivity index (χ3v) is 4.74. The van der Waals surface area contributed by atoms with Crippen LogP contribution in [0.25, 0.3) is 0 Å². The first-order valence-electron chi connectivity index (χ1n) is 5.70. The standard InChI is InChI=1S/C11H25NOS/c1-5-10(3)14(13)9-7-8-11(6-2)12-4/h10-12H,5-9H2,1-4H3. The third-order valence-electron chi connectivity index (χ3n) is 2.82. The molecule has 0 amide bonds. The van der Waals surface area contributed by atoms with Crippen molar-refractivity contribution < 1.29 is 4.21 Å². The Kier molecular flexibility index (Phi) is 8.49. The lowest BCUT2D eigenvalue weighted by atomic mass is 10.1. The summed E-state index contributed by atoms with van der Waals surface area (Å²) in [6, 6.07) is 0.601. The molecule has 0 aliphatic heterocycles. The minimum atomic E-state index is -0.613. The smallest absolute Gasteiger partial charge is 0.0317 e. The van der Waals surface area contributed by atoms with Gasteiger partial charge in [0.05, 0.1) is 0 Å². The summed E-state index contributed by atoms with van der Waals surface area (Å²) in [6.45, 7) is 6.36. The van der Waals surface area contributed by atoms with E-state index < -0.39 is 10.8 Å². The molecule has 14 heavy (non-hydrogen) atoms. The van der Waals surface area contributed by atoms with Gasteiger partial charge in [0.2, 0.25) is 0 Å². The van der Waals surface area contributed by atoms with Gasteiger partial charge in [0.15, 0.2) is 0 Å². The largest absolute Gasteiger partial charge is 0.317 e. The molecule has 0 aliphatic rings. The first-order chi connectivity index (χ1) is 6.65. The van der Waals surface area contributed by atoms with Crippen molar-refractivity contribution in [2.24, 2.45) is 0 Å². The van der Waals surface area contributed by atoms with Gasteiger partial charge in [-0.05, 0) is 32.7 Å². The molecule has 0 rings (SSSR count). The zero-order valence-electron chi connectivity index (χ0n) is 10.0. The molecule has 0 radical (unpaired) electrons. The second-order valence-electron chi connectivity index (χ2n) is 3.84. The van der Waals surface area contributed by atoms with Gasteiger partial charge in [-0.3, -0.25) is 4.21 Å². The molecule has 0 bridgehead atoms. The molecule has 0 aromatic carbocycles. The highest BCUT2D eigenvalue weighted by Crippen LogP contribution is 2.06. The van der Waals surface area contributed by atoms with Crippen LogP contribution in [0.4, 0.5) is 0 Å². The highest BCUT2D eigenvalue weighted by atomic mass is 32.2. The summed E-state index contributed by atoms with van der Waals surface area (Å²) in [7, 11) is 1.39. The van der Waals surface area contributed by atoms with Gasteiger partial charge in [0, 0.05) is 27.8 Å². The van der Waals surface area contributed by atoms with E-state index in [0.29, 0.717) is 11.3 Å². The van der Waals surface area contributed by atoms with Crippen molar-refractivity contribution in [2.75, 3.05) is 12.8 Å². The van der Waals surface area contributed by atoms with E-state index in [4.69, 9.17) is 0 Å². The second kappa shape index (κ2) is 8.42. The van der Waals surface area contributed by atoms with Gasteiger partial charge in [-0.15, -0.1) is 0 Å². The van der Waals surface area contributed by atoms with Crippen molar-refractivity contribution in [2.45, 2.75) is 57.7 Å². The topological polar surface area (TPSA) is 29.1 Å². The Morgan fingerprint density at radius 2 is 1.93 bits per heavy atom. The van der Waals surface area contributed by atoms with Gasteiger partial charge in [0.25, 0.3) is 0 Å². The van der Waals surface area contributed by atoms with Crippen molar-refractivity contribution in [3.63, 3.8) is 0 Å². The Morgan fingerprint density at radius 3 is 2.36 bits per heavy atom. The van der Waals surface area contributed by atoms with Crippen LogP contribution in [0.2, 0.25) is 0 Å². The lowest BCUT2D eigenvalue weighted by Crippen LogP contribution is -2.25. The quantitative estimate of drug-likeness (QED) is 0.679. The van der Waals surface area contributed by atoms with E-state index in [1.54, 1.807) is 0 Å². The monoisotopic (exact) mass is 219 g/mol. The summed E-state index contributed by atoms with van der Waals surface area (Å²) in [5.41, 5.74) is 0. The SMILES string of the molecule is CCC(CCCS(=O)C(C)CC)NC. The van der Waals surface area contributed by atoms with Crippen LogP contribution in [0.5, 0.6) is 0 Å². The lowest BCUT2D eigenvalue weighted by Gasteiger charge is -2.14. The highest BCUT2D eigenvalue weighted by molar-refractivity contribution is 7.85. The minimum Gasteiger partial charge on any atom is -0.317 e. The molecular weight excluding hydrogens is 194 g/mol. The van der Waals surface area contributed by atoms with Crippen LogP contribution in [0, 0.1) is 0 Å². The van der Waals surface area contributed by atoms with Crippen LogP contribution in [-0.4, -0.2) is 28.3 Å². The van der Waals surface area contributed by atoms with E-state index in [0.717, 1.165) is 31.4 Å². The van der Waals surface area contributed by atoms with Crippen LogP contribution >= 0.6 is 0 Å². The fourth-order valence-corrected chi connectivity index (χ4v) is 2.64. The van der Waals surface area contributed by atoms with Crippen molar-refractivity contribution >= 4 is 10.8 Å². The zero-order chi connectivity index (χ0) is 11.0. The first kappa shape index (κ1) is 14.1. The molecular formula is C11H25NOS. The van der Waals surface area contributed by atoms with Crippen molar-refractivity contribution in [1.29, 1.82) is 0 Å². The predicted octanol–water partition coefficient (Wildman–Crippen LogP) is 2.31. The Morgan fingerprint density at radius 1 is 1.29 bits per heavy atom. The second-order valence-corrected chi connectivity index (χ2v) is 5.81. The number of rotatable bonds is 8. The number of nitrogens with one attached hydrogen (secondary N) is 1. The summed E-state index contributed by atoms with van der Waals surface area (Å²) in [5, 5.41) is 3.64. The maximum absolute atomic E-state index is 11.6. The van der Waals surface area contributed by atoms with E-state index in [1.165, 1.54) is 0 Å². The van der Waals surface area contributed by atoms with Crippen molar-refractivity contribution in [3.05, 3.63) is 0 Å². The van der Waals surface area contributed by atoms with Gasteiger partial charge in [-0.25, -0.2) is 0 Å². The molecule has 3 unspecified atom stereocenters. The van der Waals surface area contributed by atoms with Gasteiger partial charge < -0.3 is 5.32 Å². The van der Waals surface area contributed by atoms with Crippen LogP contribution < -0.4 is 5.32 Å². The fourth-order valence-electron chi connectivity index (χ4n) is 1.41. The van der Waals surface area contributed by atoms with Crippen LogP contribution in [0.15, 0.2) is 0 Å². The molecule has 0 spiro atoms. The zero-order valence-corrected chi connectivity index (χ0v) is 10.8. The molecule has 0 saturated carbocycles. The van der Waals surface area contributed by atoms with Gasteiger partial charge in [-0.2, -0.15) is 0 Å². The van der Waals surface area contributed by atoms with Gasteiger partial charge in [0.1, 0.15) is 0 Å². The average molecular weight is 219 g/mol. The fraction of sp³-hybridized carbons (Fsp3) is 1.00. The summed E-state index contributed by atoms with van der Waals surface area (Å²) < 4.78 is 11.6. The third kappa shape index (κ3) is 5.76. The van der Waals surface area contributed by atoms with Gasteiger partial charge in [-0.1, -0.05) is 20.8 Å². The molecule has 0 fully saturated rings. The van der Waals surface area contributed by atoms with Crippen LogP contribution in [0.1, 0.15) is 46.5 Å². The maximum atomic E-state index is 11.6. The van der Waals surface area contributed by atoms with E-state index >= 15 is 0 Å². The minimum absolute atomic E-state index is 0.365. The molecule has 3 heteroatoms. The normalized spacial score (nSPS) is 17.7. The molecule has 1 N–H and O–H groups in total. The van der Waals surface area contributed by atoms with E-state index in [9.17, 15) is 4.21 Å². The molecule has 0 aromatic heterocycles. The Labute approximate surface area is 91.3 Å². The van der Waals surface area contributed by atoms with E-state index in [-0.39, 0.29) is 0 Å². The Balaban J connectivity index is 3.57. The lowest BCUT2D eigenvalue weighted by molar-refractivity contribution is 0.503. The summed E-state index contributed by atoms with van der Waals surface area (Å²) in [4.78, 5) is 0. The summed E-state index contributed by atoms with van der Waals surface area (Å²) >= 11 is 0. The molecule has 0 aliphatic carbocycles. The number of hydrogen-bond acceptors (Lipinski definition) is 2. The Hall–Kier alpha value is 0.110. The molecule has 0 saturated heterocycles. The van der Waals surface area contributed by atoms with E-state index in [1.807, 2.05) is 7.05 Å². The highest BCUT2D eigenvalue weighted by Gasteiger charge is 2.09. The molecule has 2 nitrogen and oxygen atoms in total. The predicted molar refractivity (Wildman–Crippen MR) is 65.1 cm³/mol. The molecule has 0 heterocycles. The van der Waals surface area contributed by atoms with Crippen molar-refractivity contribution in [3.8, 4) is 0 Å². The van der Waals surface area contributed by atoms with Crippen LogP contribution in [-0.2, 0) is 10.8 Å². The number of hydrogen-bond donors (Lipinski definition) is 1. The van der Waals surface area contributed by atoms with E-state index in [2.05, 4.69) is 26.1 Å². The molecule has 3 atom stereocenters. The summed E-state index contributed by atoms with van der Waals surface area (Å²) in [6.07, 6.45) is 4.41. The first-order valence-corrected chi connectivity index (χ1v) is 7.08. The van der Waals surface area contributed by atoms with Crippen molar-refractivity contribution in [1.82, 2.24) is 5.32 Å². The molecule has 0 aromatic rings. The maximum Gasteiger partial charge on any atom is 0.0317 e. The Bertz CT molecular complexity index is 157. The van der Waals surface area contributed by atoms with Gasteiger partial charge >= 0.3 is 0 Å².